The molecule has 1 aromatic rings. The minimum atomic E-state index is -0.856. The normalized spacial score (nSPS) is 19.1. The van der Waals surface area contributed by atoms with Gasteiger partial charge in [0.1, 0.15) is 0 Å². The number of carbonyl (C=O) groups is 1. The Kier molecular flexibility index (Phi) is 3.30. The second-order valence-electron chi connectivity index (χ2n) is 4.80. The van der Waals surface area contributed by atoms with E-state index in [2.05, 4.69) is 5.32 Å². The van der Waals surface area contributed by atoms with Gasteiger partial charge in [0.15, 0.2) is 0 Å². The standard InChI is InChI=1S/C12H17NO2S/c1-12(15,6-9-4-5-16-7-9)8-13-11(14)10-2-3-10/h4-5,7,10,15H,2-3,6,8H2,1H3,(H,13,14). The Bertz CT molecular complexity index is 355. The first-order valence-electron chi connectivity index (χ1n) is 5.58. The SMILES string of the molecule is CC(O)(CNC(=O)C1CC1)Cc1ccsc1. The predicted octanol–water partition coefficient (Wildman–Crippen LogP) is 1.57. The summed E-state index contributed by atoms with van der Waals surface area (Å²) in [6.45, 7) is 2.09. The summed E-state index contributed by atoms with van der Waals surface area (Å²) in [5, 5.41) is 17.0. The van der Waals surface area contributed by atoms with Crippen LogP contribution in [0.2, 0.25) is 0 Å². The lowest BCUT2D eigenvalue weighted by Crippen LogP contribution is -2.42. The fourth-order valence-corrected chi connectivity index (χ4v) is 2.33. The van der Waals surface area contributed by atoms with Gasteiger partial charge in [-0.1, -0.05) is 0 Å². The highest BCUT2D eigenvalue weighted by Gasteiger charge is 2.31. The van der Waals surface area contributed by atoms with Gasteiger partial charge in [0.25, 0.3) is 0 Å². The molecule has 1 fully saturated rings. The number of nitrogens with one attached hydrogen (secondary N) is 1. The van der Waals surface area contributed by atoms with Gasteiger partial charge in [-0.25, -0.2) is 0 Å². The van der Waals surface area contributed by atoms with Gasteiger partial charge in [0.2, 0.25) is 5.91 Å². The monoisotopic (exact) mass is 239 g/mol. The van der Waals surface area contributed by atoms with Crippen molar-refractivity contribution in [1.29, 1.82) is 0 Å². The van der Waals surface area contributed by atoms with Gasteiger partial charge in [-0.05, 0) is 42.2 Å². The molecular weight excluding hydrogens is 222 g/mol. The zero-order chi connectivity index (χ0) is 11.6. The van der Waals surface area contributed by atoms with Crippen LogP contribution in [0.4, 0.5) is 0 Å². The lowest BCUT2D eigenvalue weighted by molar-refractivity contribution is -0.123. The summed E-state index contributed by atoms with van der Waals surface area (Å²) in [6.07, 6.45) is 2.58. The predicted molar refractivity (Wildman–Crippen MR) is 64.4 cm³/mol. The van der Waals surface area contributed by atoms with E-state index in [0.29, 0.717) is 13.0 Å². The summed E-state index contributed by atoms with van der Waals surface area (Å²) in [4.78, 5) is 11.4. The van der Waals surface area contributed by atoms with E-state index in [-0.39, 0.29) is 11.8 Å². The molecule has 0 spiro atoms. The molecule has 1 heterocycles. The Morgan fingerprint density at radius 2 is 2.44 bits per heavy atom. The van der Waals surface area contributed by atoms with Gasteiger partial charge >= 0.3 is 0 Å². The van der Waals surface area contributed by atoms with Crippen molar-refractivity contribution in [2.45, 2.75) is 31.8 Å². The largest absolute Gasteiger partial charge is 0.388 e. The topological polar surface area (TPSA) is 49.3 Å². The third-order valence-electron chi connectivity index (χ3n) is 2.76. The van der Waals surface area contributed by atoms with Crippen LogP contribution in [0, 0.1) is 5.92 Å². The summed E-state index contributed by atoms with van der Waals surface area (Å²) in [5.41, 5.74) is 0.265. The maximum Gasteiger partial charge on any atom is 0.223 e. The number of hydrogen-bond acceptors (Lipinski definition) is 3. The van der Waals surface area contributed by atoms with Crippen LogP contribution in [0.5, 0.6) is 0 Å². The van der Waals surface area contributed by atoms with Crippen molar-refractivity contribution in [2.24, 2.45) is 5.92 Å². The van der Waals surface area contributed by atoms with Crippen molar-refractivity contribution in [3.8, 4) is 0 Å². The molecule has 4 heteroatoms. The van der Waals surface area contributed by atoms with Crippen LogP contribution in [-0.2, 0) is 11.2 Å². The summed E-state index contributed by atoms with van der Waals surface area (Å²) in [7, 11) is 0. The second kappa shape index (κ2) is 4.55. The molecule has 1 aromatic heterocycles. The van der Waals surface area contributed by atoms with Crippen molar-refractivity contribution < 1.29 is 9.90 Å². The van der Waals surface area contributed by atoms with E-state index in [0.717, 1.165) is 18.4 Å². The summed E-state index contributed by atoms with van der Waals surface area (Å²) in [5.74, 6) is 0.294. The fourth-order valence-electron chi connectivity index (χ4n) is 1.66. The molecule has 1 atom stereocenters. The number of rotatable bonds is 5. The number of thiophene rings is 1. The van der Waals surface area contributed by atoms with Crippen LogP contribution >= 0.6 is 11.3 Å². The number of aliphatic hydroxyl groups is 1. The van der Waals surface area contributed by atoms with Crippen molar-refractivity contribution in [3.05, 3.63) is 22.4 Å². The van der Waals surface area contributed by atoms with Gasteiger partial charge in [-0.2, -0.15) is 11.3 Å². The molecule has 0 aliphatic heterocycles. The van der Waals surface area contributed by atoms with Crippen molar-refractivity contribution in [1.82, 2.24) is 5.32 Å². The molecule has 1 amide bonds. The smallest absolute Gasteiger partial charge is 0.223 e. The number of amides is 1. The lowest BCUT2D eigenvalue weighted by atomic mass is 9.98. The Morgan fingerprint density at radius 3 is 3.00 bits per heavy atom. The first-order chi connectivity index (χ1) is 7.57. The molecule has 1 aliphatic carbocycles. The van der Waals surface area contributed by atoms with Crippen molar-refractivity contribution in [3.63, 3.8) is 0 Å². The summed E-state index contributed by atoms with van der Waals surface area (Å²) in [6, 6.07) is 2.00. The first kappa shape index (κ1) is 11.6. The minimum absolute atomic E-state index is 0.0885. The molecule has 0 radical (unpaired) electrons. The number of hydrogen-bond donors (Lipinski definition) is 2. The first-order valence-corrected chi connectivity index (χ1v) is 6.52. The maximum atomic E-state index is 11.4. The molecule has 0 bridgehead atoms. The Balaban J connectivity index is 1.79. The zero-order valence-corrected chi connectivity index (χ0v) is 10.2. The Labute approximate surface area is 99.5 Å². The van der Waals surface area contributed by atoms with E-state index >= 15 is 0 Å². The summed E-state index contributed by atoms with van der Waals surface area (Å²) >= 11 is 1.62. The van der Waals surface area contributed by atoms with E-state index in [4.69, 9.17) is 0 Å². The average Bonchev–Trinajstić information content (AvgIpc) is 2.96. The third kappa shape index (κ3) is 3.32. The molecule has 0 aromatic carbocycles. The zero-order valence-electron chi connectivity index (χ0n) is 9.40. The number of carbonyl (C=O) groups excluding carboxylic acids is 1. The van der Waals surface area contributed by atoms with Crippen LogP contribution in [-0.4, -0.2) is 23.2 Å². The molecule has 0 saturated heterocycles. The van der Waals surface area contributed by atoms with E-state index < -0.39 is 5.60 Å². The molecule has 1 saturated carbocycles. The van der Waals surface area contributed by atoms with E-state index in [1.807, 2.05) is 16.8 Å². The molecule has 1 aliphatic rings. The molecule has 1 unspecified atom stereocenters. The van der Waals surface area contributed by atoms with Gasteiger partial charge in [0.05, 0.1) is 5.60 Å². The molecule has 2 N–H and O–H groups in total. The quantitative estimate of drug-likeness (QED) is 0.819. The van der Waals surface area contributed by atoms with Crippen LogP contribution in [0.25, 0.3) is 0 Å². The fraction of sp³-hybridized carbons (Fsp3) is 0.583. The van der Waals surface area contributed by atoms with E-state index in [9.17, 15) is 9.90 Å². The van der Waals surface area contributed by atoms with Crippen LogP contribution in [0.3, 0.4) is 0 Å². The molecule has 3 nitrogen and oxygen atoms in total. The van der Waals surface area contributed by atoms with Gasteiger partial charge in [0, 0.05) is 18.9 Å². The van der Waals surface area contributed by atoms with Crippen molar-refractivity contribution in [2.75, 3.05) is 6.54 Å². The third-order valence-corrected chi connectivity index (χ3v) is 3.49. The van der Waals surface area contributed by atoms with E-state index in [1.165, 1.54) is 0 Å². The maximum absolute atomic E-state index is 11.4. The minimum Gasteiger partial charge on any atom is -0.388 e. The van der Waals surface area contributed by atoms with Crippen molar-refractivity contribution >= 4 is 17.2 Å². The van der Waals surface area contributed by atoms with Gasteiger partial charge in [-0.15, -0.1) is 0 Å². The van der Waals surface area contributed by atoms with Crippen LogP contribution in [0.1, 0.15) is 25.3 Å². The Hall–Kier alpha value is -0.870. The van der Waals surface area contributed by atoms with Gasteiger partial charge in [-0.3, -0.25) is 4.79 Å². The highest BCUT2D eigenvalue weighted by atomic mass is 32.1. The van der Waals surface area contributed by atoms with Crippen LogP contribution < -0.4 is 5.32 Å². The lowest BCUT2D eigenvalue weighted by Gasteiger charge is -2.23. The summed E-state index contributed by atoms with van der Waals surface area (Å²) < 4.78 is 0. The molecule has 88 valence electrons. The highest BCUT2D eigenvalue weighted by molar-refractivity contribution is 7.07. The average molecular weight is 239 g/mol. The molecule has 2 rings (SSSR count). The van der Waals surface area contributed by atoms with Gasteiger partial charge < -0.3 is 10.4 Å². The highest BCUT2D eigenvalue weighted by Crippen LogP contribution is 2.28. The molecular formula is C12H17NO2S. The van der Waals surface area contributed by atoms with Crippen LogP contribution in [0.15, 0.2) is 16.8 Å². The van der Waals surface area contributed by atoms with E-state index in [1.54, 1.807) is 18.3 Å². The molecule has 16 heavy (non-hydrogen) atoms. The second-order valence-corrected chi connectivity index (χ2v) is 5.58. The Morgan fingerprint density at radius 1 is 1.69 bits per heavy atom.